The predicted molar refractivity (Wildman–Crippen MR) is 136 cm³/mol. The van der Waals surface area contributed by atoms with Gasteiger partial charge >= 0.3 is 5.97 Å². The molecule has 0 unspecified atom stereocenters. The predicted octanol–water partition coefficient (Wildman–Crippen LogP) is 4.37. The van der Waals surface area contributed by atoms with Crippen LogP contribution in [0.4, 0.5) is 5.69 Å². The van der Waals surface area contributed by atoms with E-state index in [1.165, 1.54) is 12.1 Å². The molecule has 37 heavy (non-hydrogen) atoms. The number of anilines is 1. The van der Waals surface area contributed by atoms with Gasteiger partial charge in [-0.25, -0.2) is 0 Å². The minimum atomic E-state index is -0.841. The third kappa shape index (κ3) is 3.81. The SMILES string of the molecule is O=C(COC(=O)CN1C(=O)[C@H]2C3c4ccccc4C(c4ccccc43)[C@@H]2C1=O)Nc1ccc(Cl)c(Cl)c1. The quantitative estimate of drug-likeness (QED) is 0.387. The third-order valence-electron chi connectivity index (χ3n) is 7.39. The van der Waals surface area contributed by atoms with Gasteiger partial charge in [-0.2, -0.15) is 0 Å². The van der Waals surface area contributed by atoms with E-state index in [1.54, 1.807) is 6.07 Å². The maximum Gasteiger partial charge on any atom is 0.326 e. The van der Waals surface area contributed by atoms with Crippen molar-refractivity contribution in [2.24, 2.45) is 11.8 Å². The molecule has 1 saturated heterocycles. The van der Waals surface area contributed by atoms with E-state index >= 15 is 0 Å². The van der Waals surface area contributed by atoms with Crippen LogP contribution in [0.3, 0.4) is 0 Å². The van der Waals surface area contributed by atoms with Gasteiger partial charge in [0, 0.05) is 17.5 Å². The third-order valence-corrected chi connectivity index (χ3v) is 8.13. The van der Waals surface area contributed by atoms with E-state index in [0.717, 1.165) is 27.2 Å². The van der Waals surface area contributed by atoms with Crippen LogP contribution < -0.4 is 5.32 Å². The number of benzene rings is 3. The molecule has 0 radical (unpaired) electrons. The molecular formula is C28H20Cl2N2O5. The van der Waals surface area contributed by atoms with E-state index in [0.29, 0.717) is 10.7 Å². The zero-order chi connectivity index (χ0) is 25.8. The first-order chi connectivity index (χ1) is 17.8. The normalized spacial score (nSPS) is 22.8. The number of nitrogens with zero attached hydrogens (tertiary/aromatic N) is 1. The number of carbonyl (C=O) groups excluding carboxylic acids is 4. The lowest BCUT2D eigenvalue weighted by molar-refractivity contribution is -0.154. The number of rotatable bonds is 5. The number of halogens is 2. The van der Waals surface area contributed by atoms with Crippen LogP contribution in [0.25, 0.3) is 0 Å². The molecule has 186 valence electrons. The van der Waals surface area contributed by atoms with Gasteiger partial charge in [-0.1, -0.05) is 71.7 Å². The second-order valence-corrected chi connectivity index (χ2v) is 10.2. The molecule has 2 atom stereocenters. The first kappa shape index (κ1) is 23.7. The highest BCUT2D eigenvalue weighted by Crippen LogP contribution is 2.60. The lowest BCUT2D eigenvalue weighted by Gasteiger charge is -2.45. The molecule has 7 nitrogen and oxygen atoms in total. The summed E-state index contributed by atoms with van der Waals surface area (Å²) in [6.07, 6.45) is 0. The molecule has 0 saturated carbocycles. The minimum Gasteiger partial charge on any atom is -0.454 e. The van der Waals surface area contributed by atoms with Gasteiger partial charge < -0.3 is 10.1 Å². The molecule has 9 heteroatoms. The van der Waals surface area contributed by atoms with Crippen molar-refractivity contribution >= 4 is 52.6 Å². The number of carbonyl (C=O) groups is 4. The van der Waals surface area contributed by atoms with E-state index in [4.69, 9.17) is 27.9 Å². The number of amides is 3. The van der Waals surface area contributed by atoms with Crippen LogP contribution in [-0.2, 0) is 23.9 Å². The van der Waals surface area contributed by atoms with Gasteiger partial charge in [0.25, 0.3) is 5.91 Å². The molecule has 1 heterocycles. The Hall–Kier alpha value is -3.68. The molecule has 3 amide bonds. The molecule has 7 rings (SSSR count). The fourth-order valence-corrected chi connectivity index (χ4v) is 6.28. The smallest absolute Gasteiger partial charge is 0.326 e. The summed E-state index contributed by atoms with van der Waals surface area (Å²) in [4.78, 5) is 52.8. The number of esters is 1. The zero-order valence-corrected chi connectivity index (χ0v) is 20.8. The average molecular weight is 535 g/mol. The second kappa shape index (κ2) is 9.01. The van der Waals surface area contributed by atoms with Gasteiger partial charge in [-0.15, -0.1) is 0 Å². The standard InChI is InChI=1S/C28H20Cl2N2O5/c29-19-10-9-14(11-20(19)30)31-21(33)13-37-22(34)12-32-27(35)25-23-15-5-1-2-6-16(15)24(26(25)28(32)36)18-8-4-3-7-17(18)23/h1-11,23-26H,12-13H2,(H,31,33)/t23?,24?,25-,26-/m0/s1. The largest absolute Gasteiger partial charge is 0.454 e. The maximum absolute atomic E-state index is 13.5. The van der Waals surface area contributed by atoms with Crippen molar-refractivity contribution < 1.29 is 23.9 Å². The molecule has 0 aromatic heterocycles. The van der Waals surface area contributed by atoms with E-state index in [-0.39, 0.29) is 28.7 Å². The molecule has 4 aliphatic rings. The molecular weight excluding hydrogens is 515 g/mol. The Balaban J connectivity index is 1.17. The van der Waals surface area contributed by atoms with Crippen LogP contribution in [0.15, 0.2) is 66.7 Å². The molecule has 3 aliphatic carbocycles. The molecule has 1 fully saturated rings. The molecule has 3 aromatic carbocycles. The Morgan fingerprint density at radius 1 is 0.784 bits per heavy atom. The van der Waals surface area contributed by atoms with E-state index in [9.17, 15) is 19.2 Å². The molecule has 3 aromatic rings. The van der Waals surface area contributed by atoms with Gasteiger partial charge in [0.05, 0.1) is 21.9 Å². The summed E-state index contributed by atoms with van der Waals surface area (Å²) in [6.45, 7) is -1.12. The van der Waals surface area contributed by atoms with E-state index in [2.05, 4.69) is 5.32 Å². The van der Waals surface area contributed by atoms with Crippen molar-refractivity contribution in [3.05, 3.63) is 99.0 Å². The van der Waals surface area contributed by atoms with Crippen molar-refractivity contribution in [2.45, 2.75) is 11.8 Å². The summed E-state index contributed by atoms with van der Waals surface area (Å²) >= 11 is 11.8. The first-order valence-corrected chi connectivity index (χ1v) is 12.5. The topological polar surface area (TPSA) is 92.8 Å². The van der Waals surface area contributed by atoms with Crippen LogP contribution in [0.1, 0.15) is 34.1 Å². The van der Waals surface area contributed by atoms with Gasteiger partial charge in [0.2, 0.25) is 11.8 Å². The molecule has 0 spiro atoms. The first-order valence-electron chi connectivity index (χ1n) is 11.8. The van der Waals surface area contributed by atoms with Crippen molar-refractivity contribution in [3.63, 3.8) is 0 Å². The lowest BCUT2D eigenvalue weighted by atomic mass is 9.55. The Kier molecular flexibility index (Phi) is 5.77. The Labute approximate surface area is 222 Å². The fraction of sp³-hybridized carbons (Fsp3) is 0.214. The van der Waals surface area contributed by atoms with Gasteiger partial charge in [-0.3, -0.25) is 24.1 Å². The Bertz CT molecular complexity index is 1370. The number of hydrogen-bond donors (Lipinski definition) is 1. The lowest BCUT2D eigenvalue weighted by Crippen LogP contribution is -2.41. The highest BCUT2D eigenvalue weighted by atomic mass is 35.5. The van der Waals surface area contributed by atoms with Crippen LogP contribution in [-0.4, -0.2) is 41.7 Å². The van der Waals surface area contributed by atoms with Crippen LogP contribution >= 0.6 is 23.2 Å². The summed E-state index contributed by atoms with van der Waals surface area (Å²) in [7, 11) is 0. The highest BCUT2D eigenvalue weighted by molar-refractivity contribution is 6.42. The van der Waals surface area contributed by atoms with Crippen LogP contribution in [0.5, 0.6) is 0 Å². The number of nitrogens with one attached hydrogen (secondary N) is 1. The summed E-state index contributed by atoms with van der Waals surface area (Å²) in [6, 6.07) is 20.4. The molecule has 2 bridgehead atoms. The summed E-state index contributed by atoms with van der Waals surface area (Å²) < 4.78 is 5.08. The maximum atomic E-state index is 13.5. The summed E-state index contributed by atoms with van der Waals surface area (Å²) in [5.41, 5.74) is 4.60. The summed E-state index contributed by atoms with van der Waals surface area (Å²) in [5, 5.41) is 3.16. The van der Waals surface area contributed by atoms with Crippen molar-refractivity contribution in [1.82, 2.24) is 4.90 Å². The van der Waals surface area contributed by atoms with Gasteiger partial charge in [0.15, 0.2) is 6.61 Å². The number of likely N-dealkylation sites (tertiary alicyclic amines) is 1. The minimum absolute atomic E-state index is 0.253. The van der Waals surface area contributed by atoms with E-state index < -0.39 is 36.9 Å². The highest BCUT2D eigenvalue weighted by Gasteiger charge is 2.61. The van der Waals surface area contributed by atoms with Crippen molar-refractivity contribution in [1.29, 1.82) is 0 Å². The second-order valence-electron chi connectivity index (χ2n) is 9.37. The van der Waals surface area contributed by atoms with Crippen LogP contribution in [0, 0.1) is 11.8 Å². The summed E-state index contributed by atoms with van der Waals surface area (Å²) in [5.74, 6) is -3.86. The van der Waals surface area contributed by atoms with Gasteiger partial charge in [0.1, 0.15) is 6.54 Å². The molecule has 1 aliphatic heterocycles. The van der Waals surface area contributed by atoms with Crippen molar-refractivity contribution in [3.8, 4) is 0 Å². The zero-order valence-electron chi connectivity index (χ0n) is 19.3. The van der Waals surface area contributed by atoms with E-state index in [1.807, 2.05) is 48.5 Å². The van der Waals surface area contributed by atoms with Gasteiger partial charge in [-0.05, 0) is 40.5 Å². The number of hydrogen-bond acceptors (Lipinski definition) is 5. The van der Waals surface area contributed by atoms with Crippen LogP contribution in [0.2, 0.25) is 10.0 Å². The Morgan fingerprint density at radius 2 is 1.30 bits per heavy atom. The fourth-order valence-electron chi connectivity index (χ4n) is 5.99. The molecule has 1 N–H and O–H groups in total. The Morgan fingerprint density at radius 3 is 1.78 bits per heavy atom. The van der Waals surface area contributed by atoms with Crippen molar-refractivity contribution in [2.75, 3.05) is 18.5 Å². The average Bonchev–Trinajstić information content (AvgIpc) is 3.15. The number of ether oxygens (including phenoxy) is 1. The monoisotopic (exact) mass is 534 g/mol. The number of imide groups is 1.